The normalized spacial score (nSPS) is 19.5. The van der Waals surface area contributed by atoms with Crippen LogP contribution in [0.25, 0.3) is 10.6 Å². The van der Waals surface area contributed by atoms with E-state index in [1.165, 1.54) is 11.3 Å². The second-order valence-electron chi connectivity index (χ2n) is 7.57. The summed E-state index contributed by atoms with van der Waals surface area (Å²) in [7, 11) is 0. The average molecular weight is 429 g/mol. The number of aryl methyl sites for hydroxylation is 1. The molecule has 7 nitrogen and oxygen atoms in total. The lowest BCUT2D eigenvalue weighted by Crippen LogP contribution is -2.44. The highest BCUT2D eigenvalue weighted by Crippen LogP contribution is 2.36. The van der Waals surface area contributed by atoms with Gasteiger partial charge in [0.15, 0.2) is 5.82 Å². The summed E-state index contributed by atoms with van der Waals surface area (Å²) >= 11 is 6.98. The van der Waals surface area contributed by atoms with Crippen LogP contribution in [-0.4, -0.2) is 38.8 Å². The Labute approximate surface area is 171 Å². The molecule has 2 aromatic heterocycles. The Hall–Kier alpha value is -2.00. The summed E-state index contributed by atoms with van der Waals surface area (Å²) in [5, 5.41) is 3.22. The van der Waals surface area contributed by atoms with E-state index >= 15 is 0 Å². The number of aromatic nitrogens is 3. The molecule has 1 amide bonds. The lowest BCUT2D eigenvalue weighted by molar-refractivity contribution is 0.0464. The third-order valence-electron chi connectivity index (χ3n) is 4.11. The summed E-state index contributed by atoms with van der Waals surface area (Å²) in [5.74, 6) is -0.576. The van der Waals surface area contributed by atoms with Gasteiger partial charge in [0.05, 0.1) is 22.8 Å². The Morgan fingerprint density at radius 3 is 2.82 bits per heavy atom. The first-order chi connectivity index (χ1) is 13.1. The van der Waals surface area contributed by atoms with Gasteiger partial charge in [0.1, 0.15) is 17.4 Å². The number of nitrogens with zero attached hydrogens (tertiary/aromatic N) is 3. The zero-order chi connectivity index (χ0) is 20.5. The molecule has 0 spiro atoms. The monoisotopic (exact) mass is 428 g/mol. The Kier molecular flexibility index (Phi) is 6.04. The molecule has 0 bridgehead atoms. The topological polar surface area (TPSA) is 86.2 Å². The van der Waals surface area contributed by atoms with Gasteiger partial charge in [-0.15, -0.1) is 0 Å². The molecule has 0 aliphatic heterocycles. The number of rotatable bonds is 4. The van der Waals surface area contributed by atoms with Crippen molar-refractivity contribution in [3.63, 3.8) is 0 Å². The summed E-state index contributed by atoms with van der Waals surface area (Å²) in [6.45, 7) is 7.19. The van der Waals surface area contributed by atoms with Crippen LogP contribution in [0.15, 0.2) is 6.20 Å². The number of ether oxygens (including phenoxy) is 2. The highest BCUT2D eigenvalue weighted by Gasteiger charge is 2.33. The molecule has 0 aromatic carbocycles. The minimum Gasteiger partial charge on any atom is -0.465 e. The Bertz CT molecular complexity index is 871. The quantitative estimate of drug-likeness (QED) is 0.720. The second-order valence-corrected chi connectivity index (χ2v) is 8.87. The maximum atomic E-state index is 14.1. The highest BCUT2D eigenvalue weighted by atomic mass is 35.5. The lowest BCUT2D eigenvalue weighted by atomic mass is 10.2. The van der Waals surface area contributed by atoms with Gasteiger partial charge in [-0.1, -0.05) is 11.3 Å². The Balaban J connectivity index is 1.71. The van der Waals surface area contributed by atoms with Crippen molar-refractivity contribution in [2.45, 2.75) is 64.7 Å². The van der Waals surface area contributed by atoms with E-state index in [1.807, 2.05) is 20.8 Å². The summed E-state index contributed by atoms with van der Waals surface area (Å²) in [4.78, 5) is 24.6. The first kappa shape index (κ1) is 20.7. The van der Waals surface area contributed by atoms with Crippen molar-refractivity contribution in [2.24, 2.45) is 0 Å². The van der Waals surface area contributed by atoms with E-state index < -0.39 is 17.5 Å². The number of alkyl carbamates (subject to hydrolysis) is 1. The third kappa shape index (κ3) is 5.08. The number of halogens is 2. The molecule has 1 N–H and O–H groups in total. The van der Waals surface area contributed by atoms with Crippen molar-refractivity contribution in [3.8, 4) is 15.8 Å². The molecule has 152 valence electrons. The van der Waals surface area contributed by atoms with Gasteiger partial charge in [-0.3, -0.25) is 0 Å². The third-order valence-corrected chi connectivity index (χ3v) is 5.35. The largest absolute Gasteiger partial charge is 0.465 e. The molecule has 1 aliphatic rings. The van der Waals surface area contributed by atoms with Crippen LogP contribution >= 0.6 is 22.9 Å². The predicted molar refractivity (Wildman–Crippen MR) is 104 cm³/mol. The van der Waals surface area contributed by atoms with Crippen LogP contribution in [-0.2, 0) is 4.74 Å². The molecule has 0 radical (unpaired) electrons. The molecule has 0 unspecified atom stereocenters. The molecule has 10 heteroatoms. The summed E-state index contributed by atoms with van der Waals surface area (Å²) < 4.78 is 25.4. The lowest BCUT2D eigenvalue weighted by Gasteiger charge is -2.24. The molecule has 3 rings (SSSR count). The van der Waals surface area contributed by atoms with Crippen LogP contribution < -0.4 is 10.1 Å². The molecule has 1 aliphatic carbocycles. The van der Waals surface area contributed by atoms with Gasteiger partial charge < -0.3 is 14.8 Å². The first-order valence-electron chi connectivity index (χ1n) is 8.94. The standard InChI is InChI=1S/C18H22ClFN4O3S/c1-9-14(13-10(20)8-21-15(19)24-13)28-17(22-9)26-12-7-5-6-11(12)23-16(25)27-18(2,3)4/h8,11-12H,5-7H2,1-4H3,(H,23,25)/t11-,12-/m0/s1. The Morgan fingerprint density at radius 2 is 2.11 bits per heavy atom. The maximum absolute atomic E-state index is 14.1. The van der Waals surface area contributed by atoms with Crippen LogP contribution in [0, 0.1) is 12.7 Å². The first-order valence-corrected chi connectivity index (χ1v) is 10.1. The van der Waals surface area contributed by atoms with E-state index in [2.05, 4.69) is 20.3 Å². The van der Waals surface area contributed by atoms with Crippen molar-refractivity contribution in [1.29, 1.82) is 0 Å². The maximum Gasteiger partial charge on any atom is 0.408 e. The fourth-order valence-electron chi connectivity index (χ4n) is 2.97. The van der Waals surface area contributed by atoms with Gasteiger partial charge in [0.25, 0.3) is 5.19 Å². The number of nitrogens with one attached hydrogen (secondary N) is 1. The zero-order valence-corrected chi connectivity index (χ0v) is 17.7. The average Bonchev–Trinajstić information content (AvgIpc) is 3.15. The molecular formula is C18H22ClFN4O3S. The van der Waals surface area contributed by atoms with E-state index in [0.717, 1.165) is 25.5 Å². The number of hydrogen-bond donors (Lipinski definition) is 1. The Morgan fingerprint density at radius 1 is 1.36 bits per heavy atom. The van der Waals surface area contributed by atoms with Gasteiger partial charge >= 0.3 is 6.09 Å². The van der Waals surface area contributed by atoms with Gasteiger partial charge in [0, 0.05) is 0 Å². The van der Waals surface area contributed by atoms with E-state index in [0.29, 0.717) is 15.8 Å². The molecule has 1 saturated carbocycles. The van der Waals surface area contributed by atoms with Crippen molar-refractivity contribution in [1.82, 2.24) is 20.3 Å². The number of carbonyl (C=O) groups is 1. The van der Waals surface area contributed by atoms with Crippen LogP contribution in [0.5, 0.6) is 5.19 Å². The van der Waals surface area contributed by atoms with Gasteiger partial charge in [-0.25, -0.2) is 24.1 Å². The van der Waals surface area contributed by atoms with E-state index in [4.69, 9.17) is 21.1 Å². The molecule has 1 fully saturated rings. The van der Waals surface area contributed by atoms with Gasteiger partial charge in [-0.05, 0) is 58.6 Å². The van der Waals surface area contributed by atoms with Gasteiger partial charge in [-0.2, -0.15) is 0 Å². The number of amides is 1. The summed E-state index contributed by atoms with van der Waals surface area (Å²) in [5.41, 5.74) is 0.117. The molecule has 2 atom stereocenters. The SMILES string of the molecule is Cc1nc(O[C@H]2CCC[C@@H]2NC(=O)OC(C)(C)C)sc1-c1nc(Cl)ncc1F. The van der Waals surface area contributed by atoms with Crippen LogP contribution in [0.4, 0.5) is 9.18 Å². The minimum atomic E-state index is -0.576. The van der Waals surface area contributed by atoms with Crippen LogP contribution in [0.2, 0.25) is 5.28 Å². The van der Waals surface area contributed by atoms with E-state index in [-0.39, 0.29) is 23.1 Å². The fraction of sp³-hybridized carbons (Fsp3) is 0.556. The van der Waals surface area contributed by atoms with Gasteiger partial charge in [0.2, 0.25) is 5.28 Å². The molecule has 2 heterocycles. The van der Waals surface area contributed by atoms with Crippen LogP contribution in [0.3, 0.4) is 0 Å². The van der Waals surface area contributed by atoms with Crippen molar-refractivity contribution < 1.29 is 18.7 Å². The zero-order valence-electron chi connectivity index (χ0n) is 16.1. The minimum absolute atomic E-state index is 0.0379. The predicted octanol–water partition coefficient (Wildman–Crippen LogP) is 4.53. The molecule has 0 saturated heterocycles. The van der Waals surface area contributed by atoms with E-state index in [1.54, 1.807) is 6.92 Å². The highest BCUT2D eigenvalue weighted by molar-refractivity contribution is 7.17. The molecule has 2 aromatic rings. The van der Waals surface area contributed by atoms with Crippen molar-refractivity contribution in [3.05, 3.63) is 23.0 Å². The van der Waals surface area contributed by atoms with Crippen LogP contribution in [0.1, 0.15) is 45.7 Å². The summed E-state index contributed by atoms with van der Waals surface area (Å²) in [6.07, 6.45) is 2.81. The van der Waals surface area contributed by atoms with Crippen molar-refractivity contribution >= 4 is 29.0 Å². The van der Waals surface area contributed by atoms with E-state index in [9.17, 15) is 9.18 Å². The number of hydrogen-bond acceptors (Lipinski definition) is 7. The smallest absolute Gasteiger partial charge is 0.408 e. The second kappa shape index (κ2) is 8.16. The molecule has 28 heavy (non-hydrogen) atoms. The summed E-state index contributed by atoms with van der Waals surface area (Å²) in [6, 6.07) is -0.173. The van der Waals surface area contributed by atoms with Crippen molar-refractivity contribution in [2.75, 3.05) is 0 Å². The molecular weight excluding hydrogens is 407 g/mol. The number of thiazole rings is 1. The fourth-order valence-corrected chi connectivity index (χ4v) is 4.06. The number of carbonyl (C=O) groups excluding carboxylic acids is 1.